The van der Waals surface area contributed by atoms with Gasteiger partial charge in [-0.1, -0.05) is 42.5 Å². The maximum Gasteiger partial charge on any atom is 0.149 e. The van der Waals surface area contributed by atoms with Crippen LogP contribution in [-0.4, -0.2) is 9.97 Å². The van der Waals surface area contributed by atoms with Crippen molar-refractivity contribution in [3.05, 3.63) is 77.1 Å². The summed E-state index contributed by atoms with van der Waals surface area (Å²) in [5, 5.41) is 9.40. The molecule has 0 fully saturated rings. The molecule has 0 radical (unpaired) electrons. The molecule has 0 bridgehead atoms. The Morgan fingerprint density at radius 3 is 2.61 bits per heavy atom. The van der Waals surface area contributed by atoms with Crippen LogP contribution in [0.1, 0.15) is 22.5 Å². The molecular weight excluding hydrogens is 282 g/mol. The van der Waals surface area contributed by atoms with Crippen molar-refractivity contribution in [2.45, 2.75) is 13.8 Å². The molecule has 0 aliphatic heterocycles. The van der Waals surface area contributed by atoms with Gasteiger partial charge in [0.15, 0.2) is 0 Å². The number of H-pyrrole nitrogens is 1. The standard InChI is InChI=1S/C20H17N3/c1-14-11-18-19(12-15(14)2)23-20(22-18)17(13-21)10-6-9-16-7-4-3-5-8-16/h3-12H,1-2H3,(H,22,23). The molecule has 0 aliphatic carbocycles. The Labute approximate surface area is 135 Å². The fraction of sp³-hybridized carbons (Fsp3) is 0.100. The Bertz CT molecular complexity index is 899. The van der Waals surface area contributed by atoms with Gasteiger partial charge in [0, 0.05) is 0 Å². The van der Waals surface area contributed by atoms with Crippen molar-refractivity contribution in [3.8, 4) is 6.07 Å². The maximum absolute atomic E-state index is 9.40. The summed E-state index contributed by atoms with van der Waals surface area (Å²) in [6.07, 6.45) is 5.62. The van der Waals surface area contributed by atoms with Crippen molar-refractivity contribution in [1.29, 1.82) is 5.26 Å². The number of hydrogen-bond donors (Lipinski definition) is 1. The molecular formula is C20H17N3. The molecule has 1 aromatic heterocycles. The zero-order valence-electron chi connectivity index (χ0n) is 13.2. The summed E-state index contributed by atoms with van der Waals surface area (Å²) in [4.78, 5) is 7.76. The lowest BCUT2D eigenvalue weighted by molar-refractivity contribution is 1.27. The fourth-order valence-electron chi connectivity index (χ4n) is 2.39. The van der Waals surface area contributed by atoms with Crippen LogP contribution in [-0.2, 0) is 0 Å². The van der Waals surface area contributed by atoms with Gasteiger partial charge in [-0.05, 0) is 48.7 Å². The molecule has 3 rings (SSSR count). The Balaban J connectivity index is 1.93. The van der Waals surface area contributed by atoms with Gasteiger partial charge in [0.25, 0.3) is 0 Å². The SMILES string of the molecule is Cc1cc2nc(C(C#N)=CC=Cc3ccccc3)[nH]c2cc1C. The average Bonchev–Trinajstić information content (AvgIpc) is 2.95. The summed E-state index contributed by atoms with van der Waals surface area (Å²) in [5.74, 6) is 0.602. The van der Waals surface area contributed by atoms with Gasteiger partial charge in [0.1, 0.15) is 11.9 Å². The lowest BCUT2D eigenvalue weighted by Crippen LogP contribution is -1.83. The third-order valence-electron chi connectivity index (χ3n) is 3.82. The van der Waals surface area contributed by atoms with Crippen LogP contribution in [0.3, 0.4) is 0 Å². The average molecular weight is 299 g/mol. The van der Waals surface area contributed by atoms with E-state index in [-0.39, 0.29) is 0 Å². The minimum Gasteiger partial charge on any atom is -0.337 e. The van der Waals surface area contributed by atoms with Crippen molar-refractivity contribution in [2.24, 2.45) is 0 Å². The minimum atomic E-state index is 0.517. The second-order valence-corrected chi connectivity index (χ2v) is 5.50. The lowest BCUT2D eigenvalue weighted by atomic mass is 10.1. The predicted molar refractivity (Wildman–Crippen MR) is 94.6 cm³/mol. The number of aromatic nitrogens is 2. The molecule has 0 saturated heterocycles. The first-order valence-corrected chi connectivity index (χ1v) is 7.48. The van der Waals surface area contributed by atoms with Gasteiger partial charge in [0.2, 0.25) is 0 Å². The summed E-state index contributed by atoms with van der Waals surface area (Å²) >= 11 is 0. The van der Waals surface area contributed by atoms with E-state index in [1.807, 2.05) is 48.6 Å². The van der Waals surface area contributed by atoms with Crippen molar-refractivity contribution < 1.29 is 0 Å². The van der Waals surface area contributed by atoms with Crippen LogP contribution < -0.4 is 0 Å². The molecule has 23 heavy (non-hydrogen) atoms. The Morgan fingerprint density at radius 1 is 1.13 bits per heavy atom. The van der Waals surface area contributed by atoms with E-state index in [0.29, 0.717) is 11.4 Å². The monoisotopic (exact) mass is 299 g/mol. The summed E-state index contributed by atoms with van der Waals surface area (Å²) in [6, 6.07) is 16.3. The van der Waals surface area contributed by atoms with Crippen LogP contribution in [0, 0.1) is 25.2 Å². The molecule has 0 unspecified atom stereocenters. The van der Waals surface area contributed by atoms with Crippen LogP contribution in [0.15, 0.2) is 54.6 Å². The molecule has 0 spiro atoms. The van der Waals surface area contributed by atoms with E-state index < -0.39 is 0 Å². The number of fused-ring (bicyclic) bond motifs is 1. The minimum absolute atomic E-state index is 0.517. The topological polar surface area (TPSA) is 52.5 Å². The van der Waals surface area contributed by atoms with Gasteiger partial charge >= 0.3 is 0 Å². The highest BCUT2D eigenvalue weighted by molar-refractivity contribution is 5.83. The van der Waals surface area contributed by atoms with Gasteiger partial charge < -0.3 is 4.98 Å². The van der Waals surface area contributed by atoms with Gasteiger partial charge in [-0.15, -0.1) is 0 Å². The van der Waals surface area contributed by atoms with Gasteiger partial charge in [-0.2, -0.15) is 5.26 Å². The fourth-order valence-corrected chi connectivity index (χ4v) is 2.39. The molecule has 0 atom stereocenters. The van der Waals surface area contributed by atoms with Gasteiger partial charge in [-0.3, -0.25) is 0 Å². The molecule has 112 valence electrons. The number of nitrogens with zero attached hydrogens (tertiary/aromatic N) is 2. The summed E-state index contributed by atoms with van der Waals surface area (Å²) < 4.78 is 0. The van der Waals surface area contributed by atoms with Crippen LogP contribution in [0.2, 0.25) is 0 Å². The quantitative estimate of drug-likeness (QED) is 0.558. The van der Waals surface area contributed by atoms with E-state index in [1.165, 1.54) is 11.1 Å². The van der Waals surface area contributed by atoms with Crippen LogP contribution in [0.25, 0.3) is 22.7 Å². The Kier molecular flexibility index (Phi) is 4.07. The highest BCUT2D eigenvalue weighted by atomic mass is 14.9. The van der Waals surface area contributed by atoms with E-state index in [2.05, 4.69) is 36.0 Å². The Morgan fingerprint density at radius 2 is 1.87 bits per heavy atom. The van der Waals surface area contributed by atoms with E-state index >= 15 is 0 Å². The number of benzene rings is 2. The van der Waals surface area contributed by atoms with Crippen LogP contribution in [0.5, 0.6) is 0 Å². The first kappa shape index (κ1) is 14.8. The van der Waals surface area contributed by atoms with E-state index in [4.69, 9.17) is 0 Å². The third-order valence-corrected chi connectivity index (χ3v) is 3.82. The number of allylic oxidation sites excluding steroid dienone is 3. The van der Waals surface area contributed by atoms with E-state index in [1.54, 1.807) is 6.08 Å². The molecule has 2 aromatic carbocycles. The number of nitrogens with one attached hydrogen (secondary N) is 1. The van der Waals surface area contributed by atoms with Crippen LogP contribution >= 0.6 is 0 Å². The second kappa shape index (κ2) is 6.33. The zero-order chi connectivity index (χ0) is 16.2. The molecule has 3 nitrogen and oxygen atoms in total. The molecule has 3 heteroatoms. The van der Waals surface area contributed by atoms with E-state index in [0.717, 1.165) is 16.6 Å². The number of rotatable bonds is 3. The molecule has 0 amide bonds. The smallest absolute Gasteiger partial charge is 0.149 e. The molecule has 0 aliphatic rings. The normalized spacial score (nSPS) is 12.0. The largest absolute Gasteiger partial charge is 0.337 e. The molecule has 3 aromatic rings. The predicted octanol–water partition coefficient (Wildman–Crippen LogP) is 4.80. The van der Waals surface area contributed by atoms with Crippen molar-refractivity contribution in [3.63, 3.8) is 0 Å². The maximum atomic E-state index is 9.40. The van der Waals surface area contributed by atoms with Crippen molar-refractivity contribution >= 4 is 22.7 Å². The highest BCUT2D eigenvalue weighted by Gasteiger charge is 2.08. The highest BCUT2D eigenvalue weighted by Crippen LogP contribution is 2.20. The summed E-state index contributed by atoms with van der Waals surface area (Å²) in [6.45, 7) is 4.13. The van der Waals surface area contributed by atoms with Crippen molar-refractivity contribution in [2.75, 3.05) is 0 Å². The number of aryl methyl sites for hydroxylation is 2. The number of imidazole rings is 1. The molecule has 0 saturated carbocycles. The summed E-state index contributed by atoms with van der Waals surface area (Å²) in [7, 11) is 0. The number of hydrogen-bond acceptors (Lipinski definition) is 2. The lowest BCUT2D eigenvalue weighted by Gasteiger charge is -1.97. The van der Waals surface area contributed by atoms with Crippen molar-refractivity contribution in [1.82, 2.24) is 9.97 Å². The number of aromatic amines is 1. The van der Waals surface area contributed by atoms with Gasteiger partial charge in [-0.25, -0.2) is 4.98 Å². The zero-order valence-corrected chi connectivity index (χ0v) is 13.2. The van der Waals surface area contributed by atoms with Crippen LogP contribution in [0.4, 0.5) is 0 Å². The molecule has 1 heterocycles. The molecule has 1 N–H and O–H groups in total. The summed E-state index contributed by atoms with van der Waals surface area (Å²) in [5.41, 5.74) is 5.86. The second-order valence-electron chi connectivity index (χ2n) is 5.50. The number of nitriles is 1. The first-order valence-electron chi connectivity index (χ1n) is 7.48. The Hall–Kier alpha value is -3.12. The third kappa shape index (κ3) is 3.22. The van der Waals surface area contributed by atoms with E-state index in [9.17, 15) is 5.26 Å². The van der Waals surface area contributed by atoms with Gasteiger partial charge in [0.05, 0.1) is 16.6 Å². The first-order chi connectivity index (χ1) is 11.2.